The third-order valence-corrected chi connectivity index (χ3v) is 4.19. The van der Waals surface area contributed by atoms with Crippen LogP contribution in [0.5, 0.6) is 5.75 Å². The molecule has 0 unspecified atom stereocenters. The fourth-order valence-electron chi connectivity index (χ4n) is 2.87. The van der Waals surface area contributed by atoms with E-state index in [4.69, 9.17) is 4.74 Å². The van der Waals surface area contributed by atoms with Crippen LogP contribution in [0.4, 0.5) is 10.1 Å². The number of hydrazine groups is 1. The van der Waals surface area contributed by atoms with Crippen molar-refractivity contribution < 1.29 is 13.9 Å². The Labute approximate surface area is 150 Å². The maximum atomic E-state index is 13.5. The Hall–Kier alpha value is -3.22. The van der Waals surface area contributed by atoms with Gasteiger partial charge in [0.1, 0.15) is 23.9 Å². The highest BCUT2D eigenvalue weighted by atomic mass is 19.1. The summed E-state index contributed by atoms with van der Waals surface area (Å²) in [6.07, 6.45) is 11.1. The number of rotatable bonds is 3. The highest BCUT2D eigenvalue weighted by molar-refractivity contribution is 5.94. The average Bonchev–Trinajstić information content (AvgIpc) is 2.69. The van der Waals surface area contributed by atoms with Gasteiger partial charge in [0, 0.05) is 24.0 Å². The van der Waals surface area contributed by atoms with Crippen molar-refractivity contribution >= 4 is 17.2 Å². The SMILES string of the molecule is O=C(NN1CCOc2ccc(F)cc21)c1cnc(C2=CCCC=C2)nc1. The van der Waals surface area contributed by atoms with Crippen molar-refractivity contribution in [3.05, 3.63) is 66.0 Å². The molecule has 2 aromatic rings. The van der Waals surface area contributed by atoms with E-state index in [1.54, 1.807) is 11.1 Å². The van der Waals surface area contributed by atoms with E-state index in [1.807, 2.05) is 6.08 Å². The van der Waals surface area contributed by atoms with Crippen LogP contribution in [0.2, 0.25) is 0 Å². The maximum Gasteiger partial charge on any atom is 0.272 e. The summed E-state index contributed by atoms with van der Waals surface area (Å²) in [5, 5.41) is 1.57. The normalized spacial score (nSPS) is 15.7. The van der Waals surface area contributed by atoms with Gasteiger partial charge in [-0.3, -0.25) is 15.2 Å². The number of nitrogens with one attached hydrogen (secondary N) is 1. The number of carbonyl (C=O) groups is 1. The second-order valence-electron chi connectivity index (χ2n) is 5.99. The number of benzene rings is 1. The number of amides is 1. The summed E-state index contributed by atoms with van der Waals surface area (Å²) in [4.78, 5) is 21.1. The third-order valence-electron chi connectivity index (χ3n) is 4.19. The van der Waals surface area contributed by atoms with Crippen molar-refractivity contribution in [1.82, 2.24) is 15.4 Å². The highest BCUT2D eigenvalue weighted by Gasteiger charge is 2.21. The van der Waals surface area contributed by atoms with Crippen LogP contribution in [0, 0.1) is 5.82 Å². The minimum Gasteiger partial charge on any atom is -0.489 e. The zero-order chi connectivity index (χ0) is 17.9. The van der Waals surface area contributed by atoms with Gasteiger partial charge in [-0.25, -0.2) is 14.4 Å². The van der Waals surface area contributed by atoms with Crippen LogP contribution in [0.3, 0.4) is 0 Å². The first kappa shape index (κ1) is 16.3. The van der Waals surface area contributed by atoms with Gasteiger partial charge in [0.25, 0.3) is 5.91 Å². The van der Waals surface area contributed by atoms with Crippen molar-refractivity contribution in [3.8, 4) is 5.75 Å². The Balaban J connectivity index is 1.50. The molecule has 4 rings (SSSR count). The molecule has 0 bridgehead atoms. The van der Waals surface area contributed by atoms with E-state index in [0.29, 0.717) is 36.0 Å². The molecule has 1 aromatic carbocycles. The van der Waals surface area contributed by atoms with E-state index < -0.39 is 5.82 Å². The summed E-state index contributed by atoms with van der Waals surface area (Å²) in [7, 11) is 0. The summed E-state index contributed by atoms with van der Waals surface area (Å²) < 4.78 is 19.0. The number of nitrogens with zero attached hydrogens (tertiary/aromatic N) is 3. The molecule has 1 N–H and O–H groups in total. The molecule has 0 fully saturated rings. The fourth-order valence-corrected chi connectivity index (χ4v) is 2.87. The number of anilines is 1. The molecule has 1 aliphatic carbocycles. The number of aromatic nitrogens is 2. The van der Waals surface area contributed by atoms with Gasteiger partial charge in [0.05, 0.1) is 12.1 Å². The predicted octanol–water partition coefficient (Wildman–Crippen LogP) is 2.89. The lowest BCUT2D eigenvalue weighted by Crippen LogP contribution is -2.46. The van der Waals surface area contributed by atoms with Gasteiger partial charge in [-0.05, 0) is 25.0 Å². The van der Waals surface area contributed by atoms with Crippen LogP contribution in [0.25, 0.3) is 5.57 Å². The summed E-state index contributed by atoms with van der Waals surface area (Å²) in [6.45, 7) is 0.813. The highest BCUT2D eigenvalue weighted by Crippen LogP contribution is 2.31. The number of fused-ring (bicyclic) bond motifs is 1. The van der Waals surface area contributed by atoms with Crippen LogP contribution in [-0.2, 0) is 0 Å². The molecule has 1 aliphatic heterocycles. The van der Waals surface area contributed by atoms with E-state index in [1.165, 1.54) is 24.5 Å². The van der Waals surface area contributed by atoms with Gasteiger partial charge < -0.3 is 4.74 Å². The molecular formula is C19H17FN4O2. The molecule has 2 heterocycles. The molecule has 0 saturated carbocycles. The second-order valence-corrected chi connectivity index (χ2v) is 5.99. The van der Waals surface area contributed by atoms with E-state index in [0.717, 1.165) is 18.4 Å². The lowest BCUT2D eigenvalue weighted by atomic mass is 10.1. The lowest BCUT2D eigenvalue weighted by Gasteiger charge is -2.31. The van der Waals surface area contributed by atoms with Crippen LogP contribution >= 0.6 is 0 Å². The Morgan fingerprint density at radius 3 is 2.85 bits per heavy atom. The Kier molecular flexibility index (Phi) is 4.35. The van der Waals surface area contributed by atoms with Crippen molar-refractivity contribution in [2.45, 2.75) is 12.8 Å². The molecule has 132 valence electrons. The Bertz CT molecular complexity index is 893. The summed E-state index contributed by atoms with van der Waals surface area (Å²) in [5.41, 5.74) is 4.53. The van der Waals surface area contributed by atoms with Crippen LogP contribution in [0.15, 0.2) is 48.8 Å². The maximum absolute atomic E-state index is 13.5. The molecular weight excluding hydrogens is 335 g/mol. The number of hydrogen-bond acceptors (Lipinski definition) is 5. The Morgan fingerprint density at radius 1 is 1.23 bits per heavy atom. The van der Waals surface area contributed by atoms with Crippen LogP contribution in [0.1, 0.15) is 29.0 Å². The quantitative estimate of drug-likeness (QED) is 0.920. The Morgan fingerprint density at radius 2 is 2.08 bits per heavy atom. The zero-order valence-electron chi connectivity index (χ0n) is 14.0. The summed E-state index contributed by atoms with van der Waals surface area (Å²) in [6, 6.07) is 4.20. The minimum absolute atomic E-state index is 0.332. The molecule has 1 aromatic heterocycles. The van der Waals surface area contributed by atoms with Crippen molar-refractivity contribution in [1.29, 1.82) is 0 Å². The standard InChI is InChI=1S/C19H17FN4O2/c20-15-6-7-17-16(10-15)24(8-9-26-17)23-19(25)14-11-21-18(22-12-14)13-4-2-1-3-5-13/h2,4-7,10-12H,1,3,8-9H2,(H,23,25). The molecule has 0 spiro atoms. The molecule has 6 nitrogen and oxygen atoms in total. The molecule has 1 amide bonds. The first-order valence-electron chi connectivity index (χ1n) is 8.41. The van der Waals surface area contributed by atoms with Crippen molar-refractivity contribution in [3.63, 3.8) is 0 Å². The number of allylic oxidation sites excluding steroid dienone is 4. The monoisotopic (exact) mass is 352 g/mol. The molecule has 2 aliphatic rings. The van der Waals surface area contributed by atoms with Gasteiger partial charge in [0.2, 0.25) is 0 Å². The summed E-state index contributed by atoms with van der Waals surface area (Å²) in [5.74, 6) is 0.369. The number of hydrogen-bond donors (Lipinski definition) is 1. The molecule has 26 heavy (non-hydrogen) atoms. The second kappa shape index (κ2) is 6.95. The number of ether oxygens (including phenoxy) is 1. The minimum atomic E-state index is -0.394. The van der Waals surface area contributed by atoms with Crippen molar-refractivity contribution in [2.24, 2.45) is 0 Å². The largest absolute Gasteiger partial charge is 0.489 e. The topological polar surface area (TPSA) is 67.4 Å². The van der Waals surface area contributed by atoms with E-state index in [2.05, 4.69) is 27.5 Å². The van der Waals surface area contributed by atoms with Crippen LogP contribution < -0.4 is 15.2 Å². The van der Waals surface area contributed by atoms with Gasteiger partial charge in [-0.2, -0.15) is 0 Å². The van der Waals surface area contributed by atoms with E-state index in [-0.39, 0.29) is 5.91 Å². The van der Waals surface area contributed by atoms with Gasteiger partial charge in [0.15, 0.2) is 5.82 Å². The number of carbonyl (C=O) groups excluding carboxylic acids is 1. The molecule has 0 atom stereocenters. The molecule has 7 heteroatoms. The third kappa shape index (κ3) is 3.28. The average molecular weight is 352 g/mol. The van der Waals surface area contributed by atoms with Crippen molar-refractivity contribution in [2.75, 3.05) is 18.2 Å². The first-order valence-corrected chi connectivity index (χ1v) is 8.41. The van der Waals surface area contributed by atoms with Gasteiger partial charge in [-0.1, -0.05) is 18.2 Å². The predicted molar refractivity (Wildman–Crippen MR) is 95.1 cm³/mol. The zero-order valence-corrected chi connectivity index (χ0v) is 14.0. The van der Waals surface area contributed by atoms with Crippen LogP contribution in [-0.4, -0.2) is 29.0 Å². The molecule has 0 radical (unpaired) electrons. The molecule has 0 saturated heterocycles. The van der Waals surface area contributed by atoms with Gasteiger partial charge >= 0.3 is 0 Å². The lowest BCUT2D eigenvalue weighted by molar-refractivity contribution is 0.0944. The fraction of sp³-hybridized carbons (Fsp3) is 0.211. The number of halogens is 1. The van der Waals surface area contributed by atoms with E-state index in [9.17, 15) is 9.18 Å². The van der Waals surface area contributed by atoms with E-state index >= 15 is 0 Å². The summed E-state index contributed by atoms with van der Waals surface area (Å²) >= 11 is 0. The smallest absolute Gasteiger partial charge is 0.272 e. The first-order chi connectivity index (χ1) is 12.7. The van der Waals surface area contributed by atoms with Gasteiger partial charge in [-0.15, -0.1) is 0 Å².